The fourth-order valence-corrected chi connectivity index (χ4v) is 2.47. The fourth-order valence-electron chi connectivity index (χ4n) is 1.86. The van der Waals surface area contributed by atoms with Gasteiger partial charge in [0, 0.05) is 23.2 Å². The molecule has 5 heteroatoms. The Labute approximate surface area is 109 Å². The molecule has 0 fully saturated rings. The third-order valence-electron chi connectivity index (χ3n) is 2.76. The third kappa shape index (κ3) is 1.78. The first-order valence-corrected chi connectivity index (χ1v) is 6.45. The number of thiazole rings is 1. The molecular weight excluding hydrogens is 244 g/mol. The number of benzene rings is 1. The van der Waals surface area contributed by atoms with Crippen molar-refractivity contribution in [1.82, 2.24) is 14.8 Å². The van der Waals surface area contributed by atoms with Crippen molar-refractivity contribution in [3.8, 4) is 16.4 Å². The fraction of sp³-hybridized carbons (Fsp3) is 0.0769. The van der Waals surface area contributed by atoms with Gasteiger partial charge >= 0.3 is 0 Å². The molecule has 1 aromatic carbocycles. The van der Waals surface area contributed by atoms with Gasteiger partial charge in [-0.2, -0.15) is 9.78 Å². The maximum Gasteiger partial charge on any atom is 0.212 e. The number of nitrogens with two attached hydrogens (primary N) is 1. The number of hydrogen-bond donors (Lipinski definition) is 1. The van der Waals surface area contributed by atoms with E-state index in [1.165, 1.54) is 16.9 Å². The van der Waals surface area contributed by atoms with Gasteiger partial charge in [-0.15, -0.1) is 11.3 Å². The standard InChI is InChI=1S/C13H12N4S/c1-9-4-2-3-5-10(9)11-8-12(14)17(16-11)13-15-6-7-18-13/h2-8H,14H2,1H3. The first-order chi connectivity index (χ1) is 8.75. The first-order valence-electron chi connectivity index (χ1n) is 5.57. The molecule has 0 radical (unpaired) electrons. The van der Waals surface area contributed by atoms with Crippen LogP contribution >= 0.6 is 11.3 Å². The number of nitrogen functional groups attached to an aromatic ring is 1. The van der Waals surface area contributed by atoms with Gasteiger partial charge in [-0.25, -0.2) is 4.98 Å². The highest BCUT2D eigenvalue weighted by molar-refractivity contribution is 7.12. The van der Waals surface area contributed by atoms with E-state index in [1.807, 2.05) is 29.6 Å². The summed E-state index contributed by atoms with van der Waals surface area (Å²) in [6, 6.07) is 10.0. The molecule has 0 amide bonds. The summed E-state index contributed by atoms with van der Waals surface area (Å²) in [5, 5.41) is 7.21. The average Bonchev–Trinajstić information content (AvgIpc) is 2.98. The van der Waals surface area contributed by atoms with Gasteiger partial charge in [0.15, 0.2) is 0 Å². The zero-order chi connectivity index (χ0) is 12.5. The van der Waals surface area contributed by atoms with Crippen LogP contribution in [0.3, 0.4) is 0 Å². The van der Waals surface area contributed by atoms with Crippen LogP contribution in [0.25, 0.3) is 16.4 Å². The van der Waals surface area contributed by atoms with Crippen LogP contribution in [0.1, 0.15) is 5.56 Å². The molecule has 0 atom stereocenters. The molecule has 0 saturated carbocycles. The zero-order valence-corrected chi connectivity index (χ0v) is 10.7. The van der Waals surface area contributed by atoms with Gasteiger partial charge in [-0.3, -0.25) is 0 Å². The average molecular weight is 256 g/mol. The van der Waals surface area contributed by atoms with Gasteiger partial charge in [0.25, 0.3) is 0 Å². The highest BCUT2D eigenvalue weighted by atomic mass is 32.1. The molecule has 0 aliphatic rings. The first kappa shape index (κ1) is 11.0. The predicted molar refractivity (Wildman–Crippen MR) is 73.8 cm³/mol. The summed E-state index contributed by atoms with van der Waals surface area (Å²) < 4.78 is 1.67. The van der Waals surface area contributed by atoms with Gasteiger partial charge in [-0.05, 0) is 12.5 Å². The van der Waals surface area contributed by atoms with E-state index in [0.29, 0.717) is 5.82 Å². The minimum Gasteiger partial charge on any atom is -0.383 e. The molecule has 2 N–H and O–H groups in total. The van der Waals surface area contributed by atoms with Gasteiger partial charge in [-0.1, -0.05) is 24.3 Å². The summed E-state index contributed by atoms with van der Waals surface area (Å²) in [6.07, 6.45) is 1.74. The Kier molecular flexibility index (Phi) is 2.60. The molecule has 18 heavy (non-hydrogen) atoms. The number of nitrogens with zero attached hydrogens (tertiary/aromatic N) is 3. The lowest BCUT2D eigenvalue weighted by Gasteiger charge is -2.00. The molecular formula is C13H12N4S. The van der Waals surface area contributed by atoms with Crippen molar-refractivity contribution < 1.29 is 0 Å². The Morgan fingerprint density at radius 1 is 1.28 bits per heavy atom. The van der Waals surface area contributed by atoms with Crippen molar-refractivity contribution in [1.29, 1.82) is 0 Å². The van der Waals surface area contributed by atoms with Crippen molar-refractivity contribution in [2.24, 2.45) is 0 Å². The summed E-state index contributed by atoms with van der Waals surface area (Å²) >= 11 is 1.51. The second-order valence-electron chi connectivity index (χ2n) is 4.00. The van der Waals surface area contributed by atoms with E-state index < -0.39 is 0 Å². The van der Waals surface area contributed by atoms with E-state index >= 15 is 0 Å². The third-order valence-corrected chi connectivity index (χ3v) is 3.51. The largest absolute Gasteiger partial charge is 0.383 e. The smallest absolute Gasteiger partial charge is 0.212 e. The molecule has 0 unspecified atom stereocenters. The zero-order valence-electron chi connectivity index (χ0n) is 9.87. The molecule has 2 aromatic heterocycles. The lowest BCUT2D eigenvalue weighted by Crippen LogP contribution is -2.00. The second-order valence-corrected chi connectivity index (χ2v) is 4.87. The Hall–Kier alpha value is -2.14. The van der Waals surface area contributed by atoms with Gasteiger partial charge in [0.2, 0.25) is 5.13 Å². The van der Waals surface area contributed by atoms with Crippen molar-refractivity contribution in [2.45, 2.75) is 6.92 Å². The van der Waals surface area contributed by atoms with E-state index in [2.05, 4.69) is 23.1 Å². The van der Waals surface area contributed by atoms with Crippen LogP contribution in [0.4, 0.5) is 5.82 Å². The van der Waals surface area contributed by atoms with E-state index in [-0.39, 0.29) is 0 Å². The van der Waals surface area contributed by atoms with Gasteiger partial charge in [0.1, 0.15) is 5.82 Å². The summed E-state index contributed by atoms with van der Waals surface area (Å²) in [5.41, 5.74) is 9.14. The maximum atomic E-state index is 5.99. The van der Waals surface area contributed by atoms with E-state index in [4.69, 9.17) is 5.73 Å². The van der Waals surface area contributed by atoms with Crippen LogP contribution in [0, 0.1) is 6.92 Å². The van der Waals surface area contributed by atoms with Crippen LogP contribution in [0.5, 0.6) is 0 Å². The minimum atomic E-state index is 0.600. The maximum absolute atomic E-state index is 5.99. The summed E-state index contributed by atoms with van der Waals surface area (Å²) in [4.78, 5) is 4.22. The minimum absolute atomic E-state index is 0.600. The van der Waals surface area contributed by atoms with Gasteiger partial charge in [0.05, 0.1) is 5.69 Å². The Bertz CT molecular complexity index is 670. The summed E-state index contributed by atoms with van der Waals surface area (Å²) in [5.74, 6) is 0.600. The monoisotopic (exact) mass is 256 g/mol. The normalized spacial score (nSPS) is 10.7. The Balaban J connectivity index is 2.11. The Morgan fingerprint density at radius 3 is 2.83 bits per heavy atom. The van der Waals surface area contributed by atoms with Crippen LogP contribution in [-0.4, -0.2) is 14.8 Å². The number of aromatic nitrogens is 3. The number of hydrogen-bond acceptors (Lipinski definition) is 4. The summed E-state index contributed by atoms with van der Waals surface area (Å²) in [7, 11) is 0. The topological polar surface area (TPSA) is 56.7 Å². The van der Waals surface area contributed by atoms with Gasteiger partial charge < -0.3 is 5.73 Å². The van der Waals surface area contributed by atoms with Crippen molar-refractivity contribution in [2.75, 3.05) is 5.73 Å². The number of rotatable bonds is 2. The van der Waals surface area contributed by atoms with Crippen LogP contribution in [-0.2, 0) is 0 Å². The van der Waals surface area contributed by atoms with Crippen molar-refractivity contribution in [3.05, 3.63) is 47.5 Å². The predicted octanol–water partition coefficient (Wildman–Crippen LogP) is 2.89. The molecule has 2 heterocycles. The molecule has 3 aromatic rings. The van der Waals surface area contributed by atoms with E-state index in [0.717, 1.165) is 16.4 Å². The Morgan fingerprint density at radius 2 is 2.11 bits per heavy atom. The SMILES string of the molecule is Cc1ccccc1-c1cc(N)n(-c2nccs2)n1. The summed E-state index contributed by atoms with van der Waals surface area (Å²) in [6.45, 7) is 2.06. The molecule has 0 saturated heterocycles. The highest BCUT2D eigenvalue weighted by Crippen LogP contribution is 2.25. The highest BCUT2D eigenvalue weighted by Gasteiger charge is 2.11. The number of anilines is 1. The lowest BCUT2D eigenvalue weighted by atomic mass is 10.1. The molecule has 4 nitrogen and oxygen atoms in total. The molecule has 0 spiro atoms. The van der Waals surface area contributed by atoms with Crippen LogP contribution in [0.2, 0.25) is 0 Å². The number of aryl methyl sites for hydroxylation is 1. The van der Waals surface area contributed by atoms with Crippen molar-refractivity contribution in [3.63, 3.8) is 0 Å². The van der Waals surface area contributed by atoms with Crippen LogP contribution < -0.4 is 5.73 Å². The second kappa shape index (κ2) is 4.27. The van der Waals surface area contributed by atoms with E-state index in [1.54, 1.807) is 10.9 Å². The quantitative estimate of drug-likeness (QED) is 0.767. The van der Waals surface area contributed by atoms with E-state index in [9.17, 15) is 0 Å². The van der Waals surface area contributed by atoms with Crippen molar-refractivity contribution >= 4 is 17.2 Å². The molecule has 0 aliphatic heterocycles. The molecule has 90 valence electrons. The lowest BCUT2D eigenvalue weighted by molar-refractivity contribution is 0.883. The molecule has 3 rings (SSSR count). The van der Waals surface area contributed by atoms with Crippen LogP contribution in [0.15, 0.2) is 41.9 Å². The molecule has 0 aliphatic carbocycles. The molecule has 0 bridgehead atoms.